The van der Waals surface area contributed by atoms with Crippen LogP contribution in [0.25, 0.3) is 0 Å². The van der Waals surface area contributed by atoms with Gasteiger partial charge in [-0.15, -0.1) is 0 Å². The number of carbonyl (C=O) groups excluding carboxylic acids is 1. The highest BCUT2D eigenvalue weighted by atomic mass is 32.2. The monoisotopic (exact) mass is 827 g/mol. The molecule has 4 rings (SSSR count). The molecule has 0 saturated heterocycles. The van der Waals surface area contributed by atoms with Crippen LogP contribution < -0.4 is 15.2 Å². The largest absolute Gasteiger partial charge is 0.488 e. The van der Waals surface area contributed by atoms with Gasteiger partial charge >= 0.3 is 15.2 Å². The van der Waals surface area contributed by atoms with E-state index in [1.165, 1.54) is 33.6 Å². The summed E-state index contributed by atoms with van der Waals surface area (Å²) in [5.41, 5.74) is 6.24. The third kappa shape index (κ3) is 15.3. The summed E-state index contributed by atoms with van der Waals surface area (Å²) in [5, 5.41) is 8.30. The van der Waals surface area contributed by atoms with Crippen molar-refractivity contribution in [2.24, 2.45) is 0 Å². The summed E-state index contributed by atoms with van der Waals surface area (Å²) in [6.07, 6.45) is 4.08. The van der Waals surface area contributed by atoms with E-state index in [0.29, 0.717) is 54.1 Å². The summed E-state index contributed by atoms with van der Waals surface area (Å²) in [7, 11) is -8.23. The van der Waals surface area contributed by atoms with E-state index in [1.807, 2.05) is 6.92 Å². The number of methoxy groups -OCH3 is 1. The maximum absolute atomic E-state index is 13.3. The number of Topliss-reactive ketones (excluding diaryl/α,β-unsaturated/α-hetero) is 1. The molecule has 2 aromatic carbocycles. The third-order valence-electron chi connectivity index (χ3n) is 7.07. The lowest BCUT2D eigenvalue weighted by Gasteiger charge is -2.16. The van der Waals surface area contributed by atoms with Crippen LogP contribution in [-0.4, -0.2) is 86.3 Å². The molecule has 4 aromatic rings. The molecular formula is C35H51N5O12P2S. The Morgan fingerprint density at radius 1 is 0.782 bits per heavy atom. The van der Waals surface area contributed by atoms with Crippen molar-refractivity contribution in [1.82, 2.24) is 19.6 Å². The maximum Gasteiger partial charge on any atom is 0.351 e. The molecule has 0 saturated carbocycles. The highest BCUT2D eigenvalue weighted by Gasteiger charge is 2.26. The first-order valence-corrected chi connectivity index (χ1v) is 22.8. The second-order valence-corrected chi connectivity index (χ2v) is 17.9. The molecule has 0 fully saturated rings. The molecule has 17 nitrogen and oxygen atoms in total. The van der Waals surface area contributed by atoms with Gasteiger partial charge in [0.2, 0.25) is 0 Å². The van der Waals surface area contributed by atoms with Gasteiger partial charge in [-0.05, 0) is 83.1 Å². The zero-order chi connectivity index (χ0) is 40.6. The first-order chi connectivity index (χ1) is 26.0. The minimum Gasteiger partial charge on any atom is -0.488 e. The number of rotatable bonds is 22. The summed E-state index contributed by atoms with van der Waals surface area (Å²) >= 11 is 0. The molecular weight excluding hydrogens is 776 g/mol. The number of nitrogens with two attached hydrogens (primary N) is 1. The Morgan fingerprint density at radius 3 is 1.80 bits per heavy atom. The van der Waals surface area contributed by atoms with Crippen molar-refractivity contribution < 1.29 is 54.6 Å². The highest BCUT2D eigenvalue weighted by molar-refractivity contribution is 7.90. The van der Waals surface area contributed by atoms with Crippen molar-refractivity contribution in [3.8, 4) is 17.2 Å². The zero-order valence-electron chi connectivity index (χ0n) is 32.2. The van der Waals surface area contributed by atoms with E-state index in [1.54, 1.807) is 77.5 Å². The first-order valence-electron chi connectivity index (χ1n) is 17.4. The molecule has 2 heterocycles. The summed E-state index contributed by atoms with van der Waals surface area (Å²) in [6, 6.07) is 14.1. The fourth-order valence-electron chi connectivity index (χ4n) is 4.93. The molecule has 20 heteroatoms. The lowest BCUT2D eigenvalue weighted by molar-refractivity contribution is 0.0914. The van der Waals surface area contributed by atoms with Gasteiger partial charge in [-0.3, -0.25) is 23.3 Å². The van der Waals surface area contributed by atoms with Gasteiger partial charge in [0.15, 0.2) is 15.6 Å². The van der Waals surface area contributed by atoms with E-state index in [9.17, 15) is 22.3 Å². The lowest BCUT2D eigenvalue weighted by Crippen LogP contribution is -2.18. The number of carbonyl (C=O) groups is 1. The smallest absolute Gasteiger partial charge is 0.351 e. The molecule has 0 radical (unpaired) electrons. The number of ketones is 1. The number of hydrogen-bond acceptors (Lipinski definition) is 15. The standard InChI is InChI=1S/C27H35N2O9PS.C8H16N3O3P/c1-6-35-39(31,36-7-2)19-29-13-12-22(28-29)16-27(30)21-14-24(37-20(3)18-34-4)17-25(15-21)38-23-8-10-26(11-9-23)40(5,32)33;1-3-13-15(12,14-4-2)7-11-6-5-8(9)10-11/h8-15,17,20H,6-7,16,18-19H2,1-5H3;5-6H,3-4,7H2,1-2H3,(H2,9,10)/t20-;/m0./s1. The van der Waals surface area contributed by atoms with Crippen LogP contribution >= 0.6 is 15.2 Å². The van der Waals surface area contributed by atoms with Gasteiger partial charge < -0.3 is 38.0 Å². The average molecular weight is 828 g/mol. The van der Waals surface area contributed by atoms with E-state index in [-0.39, 0.29) is 49.0 Å². The van der Waals surface area contributed by atoms with E-state index < -0.39 is 25.0 Å². The summed E-state index contributed by atoms with van der Waals surface area (Å²) in [6.45, 7) is 10.3. The Labute approximate surface area is 322 Å². The molecule has 2 N–H and O–H groups in total. The van der Waals surface area contributed by atoms with Crippen molar-refractivity contribution in [2.45, 2.75) is 64.6 Å². The van der Waals surface area contributed by atoms with Crippen LogP contribution in [0, 0.1) is 0 Å². The Bertz CT molecular complexity index is 2000. The Morgan fingerprint density at radius 2 is 1.31 bits per heavy atom. The Hall–Kier alpha value is -3.86. The minimum absolute atomic E-state index is 0.0276. The number of aromatic nitrogens is 4. The highest BCUT2D eigenvalue weighted by Crippen LogP contribution is 2.50. The average Bonchev–Trinajstić information content (AvgIpc) is 3.72. The summed E-state index contributed by atoms with van der Waals surface area (Å²) < 4.78 is 89.2. The van der Waals surface area contributed by atoms with Gasteiger partial charge in [0.1, 0.15) is 41.7 Å². The zero-order valence-corrected chi connectivity index (χ0v) is 34.8. The topological polar surface area (TPSA) is 212 Å². The van der Waals surface area contributed by atoms with E-state index >= 15 is 0 Å². The van der Waals surface area contributed by atoms with Crippen molar-refractivity contribution in [2.75, 3.05) is 52.1 Å². The molecule has 0 bridgehead atoms. The number of nitrogen functional groups attached to an aromatic ring is 1. The molecule has 0 aliphatic heterocycles. The van der Waals surface area contributed by atoms with Gasteiger partial charge in [0.05, 0.1) is 50.0 Å². The van der Waals surface area contributed by atoms with Crippen molar-refractivity contribution in [1.29, 1.82) is 0 Å². The summed E-state index contributed by atoms with van der Waals surface area (Å²) in [5.74, 6) is 1.26. The van der Waals surface area contributed by atoms with Crippen LogP contribution in [0.15, 0.2) is 71.9 Å². The molecule has 55 heavy (non-hydrogen) atoms. The van der Waals surface area contributed by atoms with Crippen LogP contribution in [0.2, 0.25) is 0 Å². The van der Waals surface area contributed by atoms with Crippen molar-refractivity contribution in [3.63, 3.8) is 0 Å². The van der Waals surface area contributed by atoms with E-state index in [0.717, 1.165) is 6.26 Å². The molecule has 0 amide bonds. The fraction of sp³-hybridized carbons (Fsp3) is 0.457. The number of sulfone groups is 1. The molecule has 0 aliphatic rings. The van der Waals surface area contributed by atoms with Crippen LogP contribution in [0.1, 0.15) is 50.7 Å². The van der Waals surface area contributed by atoms with E-state index in [2.05, 4.69) is 10.2 Å². The van der Waals surface area contributed by atoms with Gasteiger partial charge in [0, 0.05) is 37.4 Å². The fourth-order valence-corrected chi connectivity index (χ4v) is 8.64. The van der Waals surface area contributed by atoms with E-state index in [4.69, 9.17) is 38.0 Å². The van der Waals surface area contributed by atoms with Gasteiger partial charge in [-0.1, -0.05) is 0 Å². The number of anilines is 1. The van der Waals surface area contributed by atoms with Crippen LogP contribution in [0.4, 0.5) is 5.82 Å². The number of ether oxygens (including phenoxy) is 3. The normalized spacial score (nSPS) is 12.5. The van der Waals surface area contributed by atoms with Crippen molar-refractivity contribution in [3.05, 3.63) is 78.2 Å². The van der Waals surface area contributed by atoms with Gasteiger partial charge in [-0.2, -0.15) is 10.2 Å². The number of nitrogens with zero attached hydrogens (tertiary/aromatic N) is 4. The predicted molar refractivity (Wildman–Crippen MR) is 207 cm³/mol. The Kier molecular flexibility index (Phi) is 17.8. The first kappa shape index (κ1) is 45.5. The predicted octanol–water partition coefficient (Wildman–Crippen LogP) is 6.83. The quantitative estimate of drug-likeness (QED) is 0.0635. The van der Waals surface area contributed by atoms with Gasteiger partial charge in [0.25, 0.3) is 0 Å². The summed E-state index contributed by atoms with van der Waals surface area (Å²) in [4.78, 5) is 13.4. The third-order valence-corrected chi connectivity index (χ3v) is 12.1. The molecule has 2 aromatic heterocycles. The molecule has 0 aliphatic carbocycles. The molecule has 0 spiro atoms. The number of benzene rings is 2. The second kappa shape index (κ2) is 21.4. The second-order valence-electron chi connectivity index (χ2n) is 11.8. The van der Waals surface area contributed by atoms with Crippen LogP contribution in [-0.2, 0) is 60.8 Å². The lowest BCUT2D eigenvalue weighted by atomic mass is 10.1. The molecule has 304 valence electrons. The maximum atomic E-state index is 13.3. The van der Waals surface area contributed by atoms with Crippen LogP contribution in [0.3, 0.4) is 0 Å². The molecule has 0 unspecified atom stereocenters. The van der Waals surface area contributed by atoms with Crippen LogP contribution in [0.5, 0.6) is 17.2 Å². The molecule has 1 atom stereocenters. The Balaban J connectivity index is 0.000000452. The SMILES string of the molecule is CCOP(=O)(Cn1ccc(CC(=O)c2cc(Oc3ccc(S(C)(=O)=O)cc3)cc(O[C@@H](C)COC)c2)n1)OCC.CCOP(=O)(Cn1ccc(N)n1)OCC. The van der Waals surface area contributed by atoms with Gasteiger partial charge in [-0.25, -0.2) is 8.42 Å². The minimum atomic E-state index is -3.36. The number of hydrogen-bond donors (Lipinski definition) is 1. The van der Waals surface area contributed by atoms with Crippen molar-refractivity contribution >= 4 is 36.6 Å².